The first-order valence-corrected chi connectivity index (χ1v) is 5.09. The van der Waals surface area contributed by atoms with Crippen LogP contribution in [0.25, 0.3) is 0 Å². The van der Waals surface area contributed by atoms with Crippen LogP contribution in [-0.2, 0) is 0 Å². The Morgan fingerprint density at radius 3 is 3.06 bits per heavy atom. The van der Waals surface area contributed by atoms with E-state index in [-0.39, 0.29) is 18.3 Å². The Kier molecular flexibility index (Phi) is 2.94. The number of aryl methyl sites for hydroxylation is 1. The van der Waals surface area contributed by atoms with Crippen molar-refractivity contribution >= 4 is 5.91 Å². The maximum atomic E-state index is 13.0. The topological polar surface area (TPSA) is 46.1 Å². The number of carbonyl (C=O) groups is 1. The van der Waals surface area contributed by atoms with Gasteiger partial charge in [-0.15, -0.1) is 0 Å². The van der Waals surface area contributed by atoms with E-state index in [1.165, 1.54) is 23.5 Å². The van der Waals surface area contributed by atoms with Gasteiger partial charge in [0, 0.05) is 12.7 Å². The van der Waals surface area contributed by atoms with E-state index in [0.29, 0.717) is 24.2 Å². The molecular weight excluding hydrogens is 209 g/mol. The first-order chi connectivity index (χ1) is 7.68. The zero-order valence-electron chi connectivity index (χ0n) is 8.98. The van der Waals surface area contributed by atoms with Gasteiger partial charge in [0.25, 0.3) is 5.91 Å². The Labute approximate surface area is 92.8 Å². The lowest BCUT2D eigenvalue weighted by Gasteiger charge is -2.24. The second-order valence-electron chi connectivity index (χ2n) is 3.69. The number of nitrogens with zero attached hydrogens (tertiary/aromatic N) is 3. The van der Waals surface area contributed by atoms with Crippen LogP contribution < -0.4 is 0 Å². The van der Waals surface area contributed by atoms with Gasteiger partial charge in [-0.25, -0.2) is 14.4 Å². The molecule has 1 amide bonds. The number of hydrogen-bond acceptors (Lipinski definition) is 3. The van der Waals surface area contributed by atoms with Gasteiger partial charge in [-0.05, 0) is 19.4 Å². The third kappa shape index (κ3) is 2.08. The molecule has 0 saturated heterocycles. The van der Waals surface area contributed by atoms with Crippen molar-refractivity contribution in [1.29, 1.82) is 0 Å². The minimum absolute atomic E-state index is 0.0488. The molecule has 1 aromatic heterocycles. The summed E-state index contributed by atoms with van der Waals surface area (Å²) in [4.78, 5) is 21.3. The Balaban J connectivity index is 2.20. The number of rotatable bonds is 1. The molecule has 0 bridgehead atoms. The average molecular weight is 221 g/mol. The lowest BCUT2D eigenvalue weighted by Crippen LogP contribution is -2.35. The third-order valence-corrected chi connectivity index (χ3v) is 2.54. The van der Waals surface area contributed by atoms with Crippen LogP contribution >= 0.6 is 0 Å². The van der Waals surface area contributed by atoms with Crippen molar-refractivity contribution in [2.24, 2.45) is 0 Å². The Morgan fingerprint density at radius 2 is 2.38 bits per heavy atom. The molecule has 0 fully saturated rings. The SMILES string of the molecule is Cc1ncncc1C(=O)N1CCC=C(F)C1. The molecule has 4 nitrogen and oxygen atoms in total. The van der Waals surface area contributed by atoms with E-state index in [4.69, 9.17) is 0 Å². The third-order valence-electron chi connectivity index (χ3n) is 2.54. The maximum Gasteiger partial charge on any atom is 0.257 e. The highest BCUT2D eigenvalue weighted by atomic mass is 19.1. The molecule has 0 atom stereocenters. The van der Waals surface area contributed by atoms with Crippen LogP contribution in [-0.4, -0.2) is 33.9 Å². The molecule has 16 heavy (non-hydrogen) atoms. The second-order valence-corrected chi connectivity index (χ2v) is 3.69. The van der Waals surface area contributed by atoms with Crippen LogP contribution in [0.2, 0.25) is 0 Å². The Morgan fingerprint density at radius 1 is 1.56 bits per heavy atom. The number of hydrogen-bond donors (Lipinski definition) is 0. The number of carbonyl (C=O) groups excluding carboxylic acids is 1. The molecule has 1 aliphatic heterocycles. The van der Waals surface area contributed by atoms with Crippen LogP contribution in [0.15, 0.2) is 24.4 Å². The first-order valence-electron chi connectivity index (χ1n) is 5.09. The molecule has 1 aliphatic rings. The van der Waals surface area contributed by atoms with Crippen molar-refractivity contribution in [2.75, 3.05) is 13.1 Å². The van der Waals surface area contributed by atoms with Crippen LogP contribution in [0, 0.1) is 6.92 Å². The summed E-state index contributed by atoms with van der Waals surface area (Å²) in [6.45, 7) is 2.33. The zero-order chi connectivity index (χ0) is 11.5. The fourth-order valence-corrected chi connectivity index (χ4v) is 1.65. The van der Waals surface area contributed by atoms with E-state index >= 15 is 0 Å². The quantitative estimate of drug-likeness (QED) is 0.721. The minimum Gasteiger partial charge on any atom is -0.332 e. The van der Waals surface area contributed by atoms with Gasteiger partial charge in [0.05, 0.1) is 17.8 Å². The predicted octanol–water partition coefficient (Wildman–Crippen LogP) is 1.48. The number of halogens is 1. The zero-order valence-corrected chi connectivity index (χ0v) is 8.98. The van der Waals surface area contributed by atoms with Gasteiger partial charge in [0.2, 0.25) is 0 Å². The molecule has 2 heterocycles. The van der Waals surface area contributed by atoms with Crippen molar-refractivity contribution < 1.29 is 9.18 Å². The van der Waals surface area contributed by atoms with Crippen molar-refractivity contribution in [3.8, 4) is 0 Å². The second kappa shape index (κ2) is 4.38. The summed E-state index contributed by atoms with van der Waals surface area (Å²) >= 11 is 0. The number of amides is 1. The molecule has 0 aliphatic carbocycles. The van der Waals surface area contributed by atoms with Crippen LogP contribution in [0.4, 0.5) is 4.39 Å². The van der Waals surface area contributed by atoms with Crippen LogP contribution in [0.1, 0.15) is 22.5 Å². The number of aromatic nitrogens is 2. The maximum absolute atomic E-state index is 13.0. The highest BCUT2D eigenvalue weighted by molar-refractivity contribution is 5.95. The van der Waals surface area contributed by atoms with E-state index in [1.807, 2.05) is 0 Å². The summed E-state index contributed by atoms with van der Waals surface area (Å²) in [6, 6.07) is 0. The summed E-state index contributed by atoms with van der Waals surface area (Å²) in [6.07, 6.45) is 4.94. The fourth-order valence-electron chi connectivity index (χ4n) is 1.65. The summed E-state index contributed by atoms with van der Waals surface area (Å²) in [5.74, 6) is -0.463. The summed E-state index contributed by atoms with van der Waals surface area (Å²) in [5, 5.41) is 0. The highest BCUT2D eigenvalue weighted by Crippen LogP contribution is 2.14. The monoisotopic (exact) mass is 221 g/mol. The van der Waals surface area contributed by atoms with E-state index < -0.39 is 0 Å². The van der Waals surface area contributed by atoms with E-state index in [2.05, 4.69) is 9.97 Å². The first kappa shape index (κ1) is 10.7. The van der Waals surface area contributed by atoms with Crippen molar-refractivity contribution in [2.45, 2.75) is 13.3 Å². The normalized spacial score (nSPS) is 15.9. The van der Waals surface area contributed by atoms with Gasteiger partial charge < -0.3 is 4.90 Å². The summed E-state index contributed by atoms with van der Waals surface area (Å²) < 4.78 is 13.0. The van der Waals surface area contributed by atoms with Gasteiger partial charge in [-0.2, -0.15) is 0 Å². The van der Waals surface area contributed by atoms with E-state index in [9.17, 15) is 9.18 Å². The lowest BCUT2D eigenvalue weighted by atomic mass is 10.1. The van der Waals surface area contributed by atoms with Crippen molar-refractivity contribution in [3.05, 3.63) is 35.7 Å². The van der Waals surface area contributed by atoms with Gasteiger partial charge >= 0.3 is 0 Å². The molecular formula is C11H12FN3O. The average Bonchev–Trinajstić information content (AvgIpc) is 2.29. The van der Waals surface area contributed by atoms with Gasteiger partial charge in [-0.1, -0.05) is 0 Å². The van der Waals surface area contributed by atoms with Gasteiger partial charge in [-0.3, -0.25) is 4.79 Å². The van der Waals surface area contributed by atoms with Crippen LogP contribution in [0.5, 0.6) is 0 Å². The molecule has 0 unspecified atom stereocenters. The molecule has 0 saturated carbocycles. The van der Waals surface area contributed by atoms with Gasteiger partial charge in [0.15, 0.2) is 0 Å². The van der Waals surface area contributed by atoms with Crippen molar-refractivity contribution in [3.63, 3.8) is 0 Å². The largest absolute Gasteiger partial charge is 0.332 e. The Hall–Kier alpha value is -1.78. The Bertz CT molecular complexity index is 445. The van der Waals surface area contributed by atoms with Gasteiger partial charge in [0.1, 0.15) is 12.2 Å². The summed E-state index contributed by atoms with van der Waals surface area (Å²) in [5.41, 5.74) is 1.06. The molecule has 1 aromatic rings. The molecule has 0 spiro atoms. The molecule has 0 radical (unpaired) electrons. The predicted molar refractivity (Wildman–Crippen MR) is 56.5 cm³/mol. The fraction of sp³-hybridized carbons (Fsp3) is 0.364. The minimum atomic E-state index is -0.255. The highest BCUT2D eigenvalue weighted by Gasteiger charge is 2.21. The lowest BCUT2D eigenvalue weighted by molar-refractivity contribution is 0.0753. The smallest absolute Gasteiger partial charge is 0.257 e. The molecule has 5 heteroatoms. The molecule has 84 valence electrons. The summed E-state index contributed by atoms with van der Waals surface area (Å²) in [7, 11) is 0. The van der Waals surface area contributed by atoms with E-state index in [0.717, 1.165) is 0 Å². The van der Waals surface area contributed by atoms with E-state index in [1.54, 1.807) is 6.92 Å². The molecule has 0 N–H and O–H groups in total. The molecule has 0 aromatic carbocycles. The molecule has 2 rings (SSSR count). The standard InChI is InChI=1S/C11H12FN3O/c1-8-10(5-13-7-14-8)11(16)15-4-2-3-9(12)6-15/h3,5,7H,2,4,6H2,1H3. The van der Waals surface area contributed by atoms with Crippen molar-refractivity contribution in [1.82, 2.24) is 14.9 Å². The van der Waals surface area contributed by atoms with Crippen LogP contribution in [0.3, 0.4) is 0 Å².